The van der Waals surface area contributed by atoms with E-state index in [1.54, 1.807) is 0 Å². The molecule has 0 bridgehead atoms. The van der Waals surface area contributed by atoms with Gasteiger partial charge in [-0.3, -0.25) is 0 Å². The molecule has 1 aromatic heterocycles. The minimum atomic E-state index is 0.537. The van der Waals surface area contributed by atoms with Crippen LogP contribution < -0.4 is 10.6 Å². The second kappa shape index (κ2) is 5.12. The molecule has 1 fully saturated rings. The zero-order chi connectivity index (χ0) is 12.4. The van der Waals surface area contributed by atoms with Crippen LogP contribution in [0.15, 0.2) is 11.2 Å². The first kappa shape index (κ1) is 12.5. The summed E-state index contributed by atoms with van der Waals surface area (Å²) in [4.78, 5) is 11.1. The van der Waals surface area contributed by atoms with Crippen LogP contribution in [0.5, 0.6) is 0 Å². The van der Waals surface area contributed by atoms with Crippen molar-refractivity contribution >= 4 is 23.4 Å². The number of anilines is 2. The molecule has 1 aliphatic heterocycles. The van der Waals surface area contributed by atoms with Gasteiger partial charge in [-0.15, -0.1) is 0 Å². The first-order valence-corrected chi connectivity index (χ1v) is 7.28. The fourth-order valence-electron chi connectivity index (χ4n) is 2.28. The van der Waals surface area contributed by atoms with Crippen LogP contribution in [0.1, 0.15) is 26.7 Å². The molecule has 2 atom stereocenters. The summed E-state index contributed by atoms with van der Waals surface area (Å²) in [6.45, 7) is 5.60. The normalized spacial score (nSPS) is 25.0. The standard InChI is InChI=1S/C12H20N4S/c1-8-4-5-9(2)16(7-8)11-6-10(13)14-12(15-11)17-3/h6,8-9H,4-5,7H2,1-3H3,(H2,13,14,15). The molecule has 2 N–H and O–H groups in total. The van der Waals surface area contributed by atoms with Crippen molar-refractivity contribution in [1.29, 1.82) is 0 Å². The smallest absolute Gasteiger partial charge is 0.191 e. The topological polar surface area (TPSA) is 55.0 Å². The summed E-state index contributed by atoms with van der Waals surface area (Å²) >= 11 is 1.53. The van der Waals surface area contributed by atoms with E-state index < -0.39 is 0 Å². The van der Waals surface area contributed by atoms with Gasteiger partial charge < -0.3 is 10.6 Å². The van der Waals surface area contributed by atoms with Gasteiger partial charge >= 0.3 is 0 Å². The van der Waals surface area contributed by atoms with Crippen LogP contribution in [0.2, 0.25) is 0 Å². The van der Waals surface area contributed by atoms with Gasteiger partial charge in [0, 0.05) is 18.7 Å². The molecule has 94 valence electrons. The predicted molar refractivity (Wildman–Crippen MR) is 73.4 cm³/mol. The Morgan fingerprint density at radius 3 is 2.82 bits per heavy atom. The second-order valence-corrected chi connectivity index (χ2v) is 5.60. The Bertz CT molecular complexity index is 396. The second-order valence-electron chi connectivity index (χ2n) is 4.82. The number of rotatable bonds is 2. The maximum Gasteiger partial charge on any atom is 0.191 e. The van der Waals surface area contributed by atoms with E-state index in [2.05, 4.69) is 28.7 Å². The van der Waals surface area contributed by atoms with Crippen LogP contribution in [0.3, 0.4) is 0 Å². The number of aromatic nitrogens is 2. The molecular formula is C12H20N4S. The van der Waals surface area contributed by atoms with Gasteiger partial charge in [-0.2, -0.15) is 0 Å². The minimum absolute atomic E-state index is 0.537. The molecule has 1 aromatic rings. The summed E-state index contributed by atoms with van der Waals surface area (Å²) in [7, 11) is 0. The first-order valence-electron chi connectivity index (χ1n) is 6.05. The Morgan fingerprint density at radius 2 is 2.12 bits per heavy atom. The molecule has 0 aliphatic carbocycles. The molecule has 2 heterocycles. The third-order valence-electron chi connectivity index (χ3n) is 3.31. The molecule has 1 saturated heterocycles. The fraction of sp³-hybridized carbons (Fsp3) is 0.667. The summed E-state index contributed by atoms with van der Waals surface area (Å²) in [6, 6.07) is 2.42. The van der Waals surface area contributed by atoms with Crippen molar-refractivity contribution in [3.05, 3.63) is 6.07 Å². The SMILES string of the molecule is CSc1nc(N)cc(N2CC(C)CCC2C)n1. The van der Waals surface area contributed by atoms with E-state index in [9.17, 15) is 0 Å². The molecule has 0 radical (unpaired) electrons. The monoisotopic (exact) mass is 252 g/mol. The zero-order valence-electron chi connectivity index (χ0n) is 10.7. The van der Waals surface area contributed by atoms with Crippen LogP contribution in [-0.2, 0) is 0 Å². The van der Waals surface area contributed by atoms with Gasteiger partial charge in [0.15, 0.2) is 5.16 Å². The van der Waals surface area contributed by atoms with Crippen LogP contribution in [0.4, 0.5) is 11.6 Å². The van der Waals surface area contributed by atoms with Crippen molar-refractivity contribution in [2.75, 3.05) is 23.4 Å². The molecule has 2 rings (SSSR count). The highest BCUT2D eigenvalue weighted by Gasteiger charge is 2.24. The third kappa shape index (κ3) is 2.83. The average molecular weight is 252 g/mol. The molecule has 0 aromatic carbocycles. The molecule has 1 aliphatic rings. The van der Waals surface area contributed by atoms with Crippen molar-refractivity contribution < 1.29 is 0 Å². The lowest BCUT2D eigenvalue weighted by molar-refractivity contribution is 0.387. The lowest BCUT2D eigenvalue weighted by Gasteiger charge is -2.37. The zero-order valence-corrected chi connectivity index (χ0v) is 11.5. The maximum absolute atomic E-state index is 5.83. The Morgan fingerprint density at radius 1 is 1.35 bits per heavy atom. The molecule has 5 heteroatoms. The maximum atomic E-state index is 5.83. The number of nitrogens with zero attached hydrogens (tertiary/aromatic N) is 3. The Balaban J connectivity index is 2.28. The van der Waals surface area contributed by atoms with Gasteiger partial charge in [0.05, 0.1) is 0 Å². The van der Waals surface area contributed by atoms with E-state index >= 15 is 0 Å². The lowest BCUT2D eigenvalue weighted by Crippen LogP contribution is -2.41. The van der Waals surface area contributed by atoms with Crippen molar-refractivity contribution in [2.24, 2.45) is 5.92 Å². The molecule has 0 amide bonds. The summed E-state index contributed by atoms with van der Waals surface area (Å²) in [5, 5.41) is 0.755. The number of hydrogen-bond donors (Lipinski definition) is 1. The highest BCUT2D eigenvalue weighted by Crippen LogP contribution is 2.27. The largest absolute Gasteiger partial charge is 0.383 e. The highest BCUT2D eigenvalue weighted by atomic mass is 32.2. The average Bonchev–Trinajstić information content (AvgIpc) is 2.31. The van der Waals surface area contributed by atoms with E-state index in [0.717, 1.165) is 23.4 Å². The van der Waals surface area contributed by atoms with E-state index in [1.807, 2.05) is 12.3 Å². The number of hydrogen-bond acceptors (Lipinski definition) is 5. The molecule has 4 nitrogen and oxygen atoms in total. The summed E-state index contributed by atoms with van der Waals surface area (Å²) in [5.41, 5.74) is 5.83. The highest BCUT2D eigenvalue weighted by molar-refractivity contribution is 7.98. The fourth-order valence-corrected chi connectivity index (χ4v) is 2.66. The molecule has 17 heavy (non-hydrogen) atoms. The van der Waals surface area contributed by atoms with Crippen LogP contribution in [-0.4, -0.2) is 28.8 Å². The van der Waals surface area contributed by atoms with E-state index in [0.29, 0.717) is 11.9 Å². The lowest BCUT2D eigenvalue weighted by atomic mass is 9.95. The molecule has 0 saturated carbocycles. The first-order chi connectivity index (χ1) is 8.10. The quantitative estimate of drug-likeness (QED) is 0.647. The number of nitrogens with two attached hydrogens (primary N) is 1. The summed E-state index contributed by atoms with van der Waals surface area (Å²) in [5.74, 6) is 2.26. The summed E-state index contributed by atoms with van der Waals surface area (Å²) in [6.07, 6.45) is 4.49. The van der Waals surface area contributed by atoms with Gasteiger partial charge in [0.25, 0.3) is 0 Å². The Hall–Kier alpha value is -0.970. The van der Waals surface area contributed by atoms with Crippen molar-refractivity contribution in [1.82, 2.24) is 9.97 Å². The van der Waals surface area contributed by atoms with Gasteiger partial charge in [-0.05, 0) is 31.9 Å². The third-order valence-corrected chi connectivity index (χ3v) is 3.85. The van der Waals surface area contributed by atoms with Gasteiger partial charge in [0.2, 0.25) is 0 Å². The van der Waals surface area contributed by atoms with Gasteiger partial charge in [-0.1, -0.05) is 18.7 Å². The van der Waals surface area contributed by atoms with Crippen LogP contribution >= 0.6 is 11.8 Å². The van der Waals surface area contributed by atoms with E-state index in [1.165, 1.54) is 24.6 Å². The van der Waals surface area contributed by atoms with Gasteiger partial charge in [-0.25, -0.2) is 9.97 Å². The van der Waals surface area contributed by atoms with Gasteiger partial charge in [0.1, 0.15) is 11.6 Å². The molecule has 0 spiro atoms. The number of nitrogen functional groups attached to an aromatic ring is 1. The Kier molecular flexibility index (Phi) is 3.76. The van der Waals surface area contributed by atoms with Crippen molar-refractivity contribution in [3.63, 3.8) is 0 Å². The van der Waals surface area contributed by atoms with Crippen molar-refractivity contribution in [2.45, 2.75) is 37.9 Å². The van der Waals surface area contributed by atoms with Crippen LogP contribution in [0.25, 0.3) is 0 Å². The minimum Gasteiger partial charge on any atom is -0.383 e. The molecule has 2 unspecified atom stereocenters. The molecular weight excluding hydrogens is 232 g/mol. The van der Waals surface area contributed by atoms with Crippen LogP contribution in [0, 0.1) is 5.92 Å². The van der Waals surface area contributed by atoms with E-state index in [4.69, 9.17) is 5.73 Å². The summed E-state index contributed by atoms with van der Waals surface area (Å²) < 4.78 is 0. The number of thioether (sulfide) groups is 1. The van der Waals surface area contributed by atoms with Crippen molar-refractivity contribution in [3.8, 4) is 0 Å². The predicted octanol–water partition coefficient (Wildman–Crippen LogP) is 2.41. The number of piperidine rings is 1. The van der Waals surface area contributed by atoms with E-state index in [-0.39, 0.29) is 0 Å². The Labute approximate surface area is 107 Å².